The number of halogens is 1. The Bertz CT molecular complexity index is 494. The van der Waals surface area contributed by atoms with E-state index in [1.54, 1.807) is 12.3 Å². The predicted molar refractivity (Wildman–Crippen MR) is 63.9 cm³/mol. The van der Waals surface area contributed by atoms with Gasteiger partial charge >= 0.3 is 0 Å². The minimum atomic E-state index is -0.0305. The number of aromatic nitrogens is 2. The van der Waals surface area contributed by atoms with E-state index in [-0.39, 0.29) is 6.61 Å². The molecule has 0 bridgehead atoms. The molecule has 84 valence electrons. The van der Waals surface area contributed by atoms with Gasteiger partial charge in [0, 0.05) is 29.4 Å². The topological polar surface area (TPSA) is 38.0 Å². The summed E-state index contributed by atoms with van der Waals surface area (Å²) in [5.74, 6) is 0.969. The molecular formula is C12H13ClN2O. The van der Waals surface area contributed by atoms with Crippen LogP contribution in [0.2, 0.25) is 5.02 Å². The van der Waals surface area contributed by atoms with Crippen molar-refractivity contribution in [1.82, 2.24) is 9.55 Å². The summed E-state index contributed by atoms with van der Waals surface area (Å²) in [6.07, 6.45) is 4.50. The maximum atomic E-state index is 9.31. The Balaban J connectivity index is 2.55. The minimum Gasteiger partial charge on any atom is -0.392 e. The molecule has 16 heavy (non-hydrogen) atoms. The lowest BCUT2D eigenvalue weighted by Crippen LogP contribution is -2.03. The Morgan fingerprint density at radius 3 is 2.94 bits per heavy atom. The van der Waals surface area contributed by atoms with E-state index in [0.717, 1.165) is 23.5 Å². The van der Waals surface area contributed by atoms with Crippen LogP contribution in [0, 0.1) is 0 Å². The standard InChI is InChI=1S/C12H13ClN2O/c1-2-12-14-5-6-15(12)11-4-3-10(13)7-9(11)8-16/h3-7,16H,2,8H2,1H3. The lowest BCUT2D eigenvalue weighted by molar-refractivity contribution is 0.281. The van der Waals surface area contributed by atoms with Gasteiger partial charge in [-0.2, -0.15) is 0 Å². The molecule has 0 unspecified atom stereocenters. The fraction of sp³-hybridized carbons (Fsp3) is 0.250. The molecule has 2 rings (SSSR count). The SMILES string of the molecule is CCc1nccn1-c1ccc(Cl)cc1CO. The summed E-state index contributed by atoms with van der Waals surface area (Å²) in [4.78, 5) is 4.26. The molecule has 4 heteroatoms. The highest BCUT2D eigenvalue weighted by Gasteiger charge is 2.08. The zero-order valence-corrected chi connectivity index (χ0v) is 9.78. The third-order valence-electron chi connectivity index (χ3n) is 2.51. The normalized spacial score (nSPS) is 10.7. The van der Waals surface area contributed by atoms with Gasteiger partial charge in [-0.3, -0.25) is 0 Å². The summed E-state index contributed by atoms with van der Waals surface area (Å²) in [7, 11) is 0. The van der Waals surface area contributed by atoms with Crippen LogP contribution < -0.4 is 0 Å². The van der Waals surface area contributed by atoms with Gasteiger partial charge in [-0.25, -0.2) is 4.98 Å². The molecule has 2 aromatic rings. The summed E-state index contributed by atoms with van der Waals surface area (Å²) < 4.78 is 1.97. The van der Waals surface area contributed by atoms with Crippen molar-refractivity contribution in [1.29, 1.82) is 0 Å². The molecule has 3 nitrogen and oxygen atoms in total. The molecular weight excluding hydrogens is 224 g/mol. The van der Waals surface area contributed by atoms with Crippen LogP contribution in [0.15, 0.2) is 30.6 Å². The maximum absolute atomic E-state index is 9.31. The molecule has 1 aromatic carbocycles. The highest BCUT2D eigenvalue weighted by atomic mass is 35.5. The summed E-state index contributed by atoms with van der Waals surface area (Å²) in [6.45, 7) is 2.02. The quantitative estimate of drug-likeness (QED) is 0.890. The number of imidazole rings is 1. The van der Waals surface area contributed by atoms with Gasteiger partial charge in [-0.05, 0) is 18.2 Å². The molecule has 0 amide bonds. The van der Waals surface area contributed by atoms with E-state index >= 15 is 0 Å². The van der Waals surface area contributed by atoms with Crippen molar-refractivity contribution in [3.63, 3.8) is 0 Å². The molecule has 1 heterocycles. The molecule has 0 aliphatic rings. The number of hydrogen-bond acceptors (Lipinski definition) is 2. The maximum Gasteiger partial charge on any atom is 0.112 e. The zero-order valence-electron chi connectivity index (χ0n) is 9.02. The van der Waals surface area contributed by atoms with Crippen LogP contribution in [-0.4, -0.2) is 14.7 Å². The number of aliphatic hydroxyl groups is 1. The number of aryl methyl sites for hydroxylation is 1. The third kappa shape index (κ3) is 1.96. The molecule has 0 fully saturated rings. The number of nitrogens with zero attached hydrogens (tertiary/aromatic N) is 2. The smallest absolute Gasteiger partial charge is 0.112 e. The number of aliphatic hydroxyl groups excluding tert-OH is 1. The van der Waals surface area contributed by atoms with Crippen molar-refractivity contribution < 1.29 is 5.11 Å². The molecule has 0 saturated carbocycles. The van der Waals surface area contributed by atoms with Crippen LogP contribution in [0.5, 0.6) is 0 Å². The van der Waals surface area contributed by atoms with Crippen molar-refractivity contribution in [2.24, 2.45) is 0 Å². The number of rotatable bonds is 3. The van der Waals surface area contributed by atoms with Crippen LogP contribution in [0.25, 0.3) is 5.69 Å². The lowest BCUT2D eigenvalue weighted by atomic mass is 10.2. The van der Waals surface area contributed by atoms with E-state index in [4.69, 9.17) is 11.6 Å². The average Bonchev–Trinajstić information content (AvgIpc) is 2.76. The van der Waals surface area contributed by atoms with Gasteiger partial charge in [0.15, 0.2) is 0 Å². The summed E-state index contributed by atoms with van der Waals surface area (Å²) in [6, 6.07) is 5.49. The van der Waals surface area contributed by atoms with Gasteiger partial charge in [-0.1, -0.05) is 18.5 Å². The Kier molecular flexibility index (Phi) is 3.27. The number of hydrogen-bond donors (Lipinski definition) is 1. The first-order valence-electron chi connectivity index (χ1n) is 5.18. The fourth-order valence-corrected chi connectivity index (χ4v) is 1.93. The lowest BCUT2D eigenvalue weighted by Gasteiger charge is -2.11. The van der Waals surface area contributed by atoms with Gasteiger partial charge in [0.25, 0.3) is 0 Å². The summed E-state index contributed by atoms with van der Waals surface area (Å²) in [5.41, 5.74) is 1.74. The second-order valence-corrected chi connectivity index (χ2v) is 3.93. The molecule has 0 saturated heterocycles. The second kappa shape index (κ2) is 4.68. The highest BCUT2D eigenvalue weighted by Crippen LogP contribution is 2.21. The summed E-state index contributed by atoms with van der Waals surface area (Å²) in [5, 5.41) is 9.94. The first-order chi connectivity index (χ1) is 7.76. The van der Waals surface area contributed by atoms with Gasteiger partial charge in [0.05, 0.1) is 12.3 Å². The van der Waals surface area contributed by atoms with Gasteiger partial charge in [0.2, 0.25) is 0 Å². The Morgan fingerprint density at radius 2 is 2.25 bits per heavy atom. The van der Waals surface area contributed by atoms with Crippen LogP contribution in [0.3, 0.4) is 0 Å². The van der Waals surface area contributed by atoms with Crippen molar-refractivity contribution in [3.05, 3.63) is 47.0 Å². The van der Waals surface area contributed by atoms with Crippen molar-refractivity contribution >= 4 is 11.6 Å². The average molecular weight is 237 g/mol. The molecule has 0 radical (unpaired) electrons. The van der Waals surface area contributed by atoms with Crippen molar-refractivity contribution in [2.75, 3.05) is 0 Å². The summed E-state index contributed by atoms with van der Waals surface area (Å²) >= 11 is 5.89. The van der Waals surface area contributed by atoms with E-state index in [2.05, 4.69) is 4.98 Å². The highest BCUT2D eigenvalue weighted by molar-refractivity contribution is 6.30. The van der Waals surface area contributed by atoms with E-state index in [0.29, 0.717) is 5.02 Å². The van der Waals surface area contributed by atoms with Crippen LogP contribution in [-0.2, 0) is 13.0 Å². The molecule has 0 spiro atoms. The van der Waals surface area contributed by atoms with Crippen molar-refractivity contribution in [2.45, 2.75) is 20.0 Å². The monoisotopic (exact) mass is 236 g/mol. The molecule has 1 aromatic heterocycles. The molecule has 0 atom stereocenters. The first-order valence-corrected chi connectivity index (χ1v) is 5.56. The first kappa shape index (κ1) is 11.2. The molecule has 0 aliphatic heterocycles. The van der Waals surface area contributed by atoms with Crippen LogP contribution in [0.1, 0.15) is 18.3 Å². The number of benzene rings is 1. The van der Waals surface area contributed by atoms with Crippen LogP contribution >= 0.6 is 11.6 Å². The molecule has 0 aliphatic carbocycles. The van der Waals surface area contributed by atoms with E-state index in [1.807, 2.05) is 29.8 Å². The van der Waals surface area contributed by atoms with Gasteiger partial charge < -0.3 is 9.67 Å². The largest absolute Gasteiger partial charge is 0.392 e. The Morgan fingerprint density at radius 1 is 1.44 bits per heavy atom. The van der Waals surface area contributed by atoms with Gasteiger partial charge in [0.1, 0.15) is 5.82 Å². The Hall–Kier alpha value is -1.32. The predicted octanol–water partition coefficient (Wildman–Crippen LogP) is 2.58. The van der Waals surface area contributed by atoms with E-state index in [9.17, 15) is 5.11 Å². The second-order valence-electron chi connectivity index (χ2n) is 3.50. The van der Waals surface area contributed by atoms with Gasteiger partial charge in [-0.15, -0.1) is 0 Å². The van der Waals surface area contributed by atoms with E-state index in [1.165, 1.54) is 0 Å². The fourth-order valence-electron chi connectivity index (χ4n) is 1.73. The van der Waals surface area contributed by atoms with Crippen molar-refractivity contribution in [3.8, 4) is 5.69 Å². The minimum absolute atomic E-state index is 0.0305. The third-order valence-corrected chi connectivity index (χ3v) is 2.74. The Labute approximate surface area is 99.3 Å². The van der Waals surface area contributed by atoms with E-state index < -0.39 is 0 Å². The molecule has 1 N–H and O–H groups in total. The zero-order chi connectivity index (χ0) is 11.5. The van der Waals surface area contributed by atoms with Crippen LogP contribution in [0.4, 0.5) is 0 Å².